The number of unbranched alkanes of at least 4 members (excludes halogenated alkanes) is 2. The van der Waals surface area contributed by atoms with Crippen molar-refractivity contribution in [1.29, 1.82) is 0 Å². The van der Waals surface area contributed by atoms with Crippen molar-refractivity contribution in [2.75, 3.05) is 12.4 Å². The molecule has 1 aromatic carbocycles. The summed E-state index contributed by atoms with van der Waals surface area (Å²) < 4.78 is 64.0. The third-order valence-corrected chi connectivity index (χ3v) is 4.75. The van der Waals surface area contributed by atoms with E-state index in [0.29, 0.717) is 19.3 Å². The Balaban J connectivity index is 2.24. The van der Waals surface area contributed by atoms with Crippen LogP contribution >= 0.6 is 11.8 Å². The van der Waals surface area contributed by atoms with Gasteiger partial charge in [-0.2, -0.15) is 21.6 Å². The highest BCUT2D eigenvalue weighted by atomic mass is 32.2. The Morgan fingerprint density at radius 3 is 2.29 bits per heavy atom. The second-order valence-electron chi connectivity index (χ2n) is 4.44. The molecule has 0 fully saturated rings. The fourth-order valence-electron chi connectivity index (χ4n) is 1.51. The molecule has 120 valence electrons. The first-order valence-electron chi connectivity index (χ1n) is 6.37. The Bertz CT molecular complexity index is 525. The summed E-state index contributed by atoms with van der Waals surface area (Å²) >= 11 is -0.0637. The van der Waals surface area contributed by atoms with E-state index in [1.54, 1.807) is 12.1 Å². The monoisotopic (exact) mass is 342 g/mol. The van der Waals surface area contributed by atoms with Crippen molar-refractivity contribution in [3.05, 3.63) is 29.8 Å². The van der Waals surface area contributed by atoms with E-state index in [-0.39, 0.29) is 29.0 Å². The molecule has 0 saturated heterocycles. The van der Waals surface area contributed by atoms with Gasteiger partial charge in [-0.15, -0.1) is 0 Å². The summed E-state index contributed by atoms with van der Waals surface area (Å²) in [6.45, 7) is 1.82. The Hall–Kier alpha value is -0.730. The first-order chi connectivity index (χ1) is 9.71. The first-order valence-corrected chi connectivity index (χ1v) is 8.77. The largest absolute Gasteiger partial charge is 0.441 e. The van der Waals surface area contributed by atoms with E-state index in [2.05, 4.69) is 0 Å². The van der Waals surface area contributed by atoms with Gasteiger partial charge in [-0.1, -0.05) is 35.9 Å². The van der Waals surface area contributed by atoms with E-state index in [1.807, 2.05) is 6.92 Å². The van der Waals surface area contributed by atoms with Gasteiger partial charge in [0.2, 0.25) is 0 Å². The molecule has 0 heterocycles. The van der Waals surface area contributed by atoms with Crippen LogP contribution in [0.25, 0.3) is 0 Å². The molecule has 0 radical (unpaired) electrons. The zero-order valence-corrected chi connectivity index (χ0v) is 13.2. The van der Waals surface area contributed by atoms with E-state index in [9.17, 15) is 21.6 Å². The summed E-state index contributed by atoms with van der Waals surface area (Å²) in [5.41, 5.74) is -3.26. The topological polar surface area (TPSA) is 43.4 Å². The molecule has 0 N–H and O–H groups in total. The quantitative estimate of drug-likeness (QED) is 0.526. The van der Waals surface area contributed by atoms with E-state index < -0.39 is 15.6 Å². The van der Waals surface area contributed by atoms with Crippen molar-refractivity contribution in [2.45, 2.75) is 36.6 Å². The number of benzene rings is 1. The van der Waals surface area contributed by atoms with Crippen molar-refractivity contribution in [1.82, 2.24) is 0 Å². The minimum atomic E-state index is -4.20. The Morgan fingerprint density at radius 1 is 1.10 bits per heavy atom. The van der Waals surface area contributed by atoms with Gasteiger partial charge in [0, 0.05) is 5.75 Å². The van der Waals surface area contributed by atoms with E-state index in [4.69, 9.17) is 4.18 Å². The van der Waals surface area contributed by atoms with Gasteiger partial charge in [0.05, 0.1) is 11.5 Å². The van der Waals surface area contributed by atoms with E-state index >= 15 is 0 Å². The van der Waals surface area contributed by atoms with Crippen molar-refractivity contribution >= 4 is 21.9 Å². The number of aryl methyl sites for hydroxylation is 1. The first kappa shape index (κ1) is 18.3. The normalized spacial score (nSPS) is 12.6. The smallest absolute Gasteiger partial charge is 0.266 e. The maximum absolute atomic E-state index is 11.9. The summed E-state index contributed by atoms with van der Waals surface area (Å²) in [6, 6.07) is 6.27. The van der Waals surface area contributed by atoms with E-state index in [1.165, 1.54) is 12.1 Å². The van der Waals surface area contributed by atoms with Crippen LogP contribution in [0.4, 0.5) is 13.2 Å². The molecule has 0 atom stereocenters. The summed E-state index contributed by atoms with van der Waals surface area (Å²) in [5.74, 6) is -0.0196. The fourth-order valence-corrected chi connectivity index (χ4v) is 3.03. The van der Waals surface area contributed by atoms with Crippen molar-refractivity contribution < 1.29 is 25.8 Å². The predicted molar refractivity (Wildman–Crippen MR) is 76.7 cm³/mol. The highest BCUT2D eigenvalue weighted by Gasteiger charge is 2.27. The number of rotatable bonds is 8. The van der Waals surface area contributed by atoms with Gasteiger partial charge < -0.3 is 0 Å². The lowest BCUT2D eigenvalue weighted by atomic mass is 10.2. The zero-order valence-electron chi connectivity index (χ0n) is 11.5. The van der Waals surface area contributed by atoms with Crippen LogP contribution < -0.4 is 0 Å². The summed E-state index contributed by atoms with van der Waals surface area (Å²) in [7, 11) is -3.78. The summed E-state index contributed by atoms with van der Waals surface area (Å²) in [5, 5.41) is 0. The van der Waals surface area contributed by atoms with Gasteiger partial charge in [-0.25, -0.2) is 0 Å². The van der Waals surface area contributed by atoms with Crippen molar-refractivity contribution in [3.8, 4) is 0 Å². The molecule has 3 nitrogen and oxygen atoms in total. The Kier molecular flexibility index (Phi) is 7.02. The number of halogens is 3. The SMILES string of the molecule is Cc1ccc(S(=O)(=O)OCCCCCSC(F)(F)F)cc1. The number of hydrogen-bond donors (Lipinski definition) is 0. The highest BCUT2D eigenvalue weighted by Crippen LogP contribution is 2.30. The van der Waals surface area contributed by atoms with Crippen LogP contribution in [0.1, 0.15) is 24.8 Å². The van der Waals surface area contributed by atoms with Crippen LogP contribution in [-0.2, 0) is 14.3 Å². The molecule has 0 unspecified atom stereocenters. The lowest BCUT2D eigenvalue weighted by Gasteiger charge is -2.07. The van der Waals surface area contributed by atoms with Crippen LogP contribution in [0.3, 0.4) is 0 Å². The Morgan fingerprint density at radius 2 is 1.71 bits per heavy atom. The average Bonchev–Trinajstić information content (AvgIpc) is 2.36. The molecule has 0 bridgehead atoms. The molecule has 0 spiro atoms. The molecular weight excluding hydrogens is 325 g/mol. The van der Waals surface area contributed by atoms with Gasteiger partial charge >= 0.3 is 5.51 Å². The minimum absolute atomic E-state index is 0.0196. The molecule has 0 aliphatic carbocycles. The van der Waals surface area contributed by atoms with E-state index in [0.717, 1.165) is 5.56 Å². The van der Waals surface area contributed by atoms with Crippen molar-refractivity contribution in [2.24, 2.45) is 0 Å². The van der Waals surface area contributed by atoms with Crippen LogP contribution in [0.5, 0.6) is 0 Å². The molecule has 0 aliphatic rings. The van der Waals surface area contributed by atoms with Crippen LogP contribution in [0.15, 0.2) is 29.2 Å². The molecule has 21 heavy (non-hydrogen) atoms. The summed E-state index contributed by atoms with van der Waals surface area (Å²) in [6.07, 6.45) is 1.27. The average molecular weight is 342 g/mol. The van der Waals surface area contributed by atoms with Crippen LogP contribution in [0.2, 0.25) is 0 Å². The second kappa shape index (κ2) is 8.05. The molecule has 1 aromatic rings. The molecule has 1 rings (SSSR count). The molecular formula is C13H17F3O3S2. The fraction of sp³-hybridized carbons (Fsp3) is 0.538. The minimum Gasteiger partial charge on any atom is -0.266 e. The van der Waals surface area contributed by atoms with Gasteiger partial charge in [0.15, 0.2) is 0 Å². The molecule has 0 amide bonds. The van der Waals surface area contributed by atoms with Crippen molar-refractivity contribution in [3.63, 3.8) is 0 Å². The molecule has 8 heteroatoms. The highest BCUT2D eigenvalue weighted by molar-refractivity contribution is 8.00. The number of alkyl halides is 3. The van der Waals surface area contributed by atoms with Gasteiger partial charge in [0.1, 0.15) is 0 Å². The van der Waals surface area contributed by atoms with Crippen LogP contribution in [0, 0.1) is 6.92 Å². The summed E-state index contributed by atoms with van der Waals surface area (Å²) in [4.78, 5) is 0.0840. The Labute approximate surface area is 127 Å². The lowest BCUT2D eigenvalue weighted by molar-refractivity contribution is -0.0328. The van der Waals surface area contributed by atoms with Gasteiger partial charge in [0.25, 0.3) is 10.1 Å². The molecule has 0 aromatic heterocycles. The number of hydrogen-bond acceptors (Lipinski definition) is 4. The van der Waals surface area contributed by atoms with Gasteiger partial charge in [-0.05, 0) is 31.9 Å². The molecule has 0 saturated carbocycles. The zero-order chi connectivity index (χ0) is 15.9. The van der Waals surface area contributed by atoms with Gasteiger partial charge in [-0.3, -0.25) is 4.18 Å². The maximum atomic E-state index is 11.9. The lowest BCUT2D eigenvalue weighted by Crippen LogP contribution is -2.08. The third-order valence-electron chi connectivity index (χ3n) is 2.60. The van der Waals surface area contributed by atoms with Crippen LogP contribution in [-0.4, -0.2) is 26.3 Å². The predicted octanol–water partition coefficient (Wildman–Crippen LogP) is 4.12. The third kappa shape index (κ3) is 7.73. The number of thioether (sulfide) groups is 1. The second-order valence-corrected chi connectivity index (χ2v) is 7.22. The molecule has 0 aliphatic heterocycles. The maximum Gasteiger partial charge on any atom is 0.441 e. The standard InChI is InChI=1S/C13H17F3O3S2/c1-11-5-7-12(8-6-11)21(17,18)19-9-3-2-4-10-20-13(14,15)16/h5-8H,2-4,9-10H2,1H3.